The summed E-state index contributed by atoms with van der Waals surface area (Å²) < 4.78 is 0. The predicted molar refractivity (Wildman–Crippen MR) is 92.8 cm³/mol. The van der Waals surface area contributed by atoms with E-state index in [0.717, 1.165) is 0 Å². The average Bonchev–Trinajstić information content (AvgIpc) is 2.52. The third-order valence-corrected chi connectivity index (χ3v) is 3.79. The molecule has 0 saturated heterocycles. The second kappa shape index (κ2) is 11.7. The number of aliphatic carboxylic acids is 1. The number of carboxylic acids is 1. The monoisotopic (exact) mass is 378 g/mol. The van der Waals surface area contributed by atoms with Crippen molar-refractivity contribution < 1.29 is 29.4 Å². The molecule has 0 rings (SSSR count). The van der Waals surface area contributed by atoms with Gasteiger partial charge in [0.05, 0.1) is 18.7 Å². The molecule has 0 radical (unpaired) electrons. The number of nitrogens with one attached hydrogen (secondary N) is 3. The molecule has 0 bridgehead atoms. The molecule has 4 unspecified atom stereocenters. The minimum atomic E-state index is -1.49. The number of carbonyl (C=O) groups is 4. The molecule has 10 nitrogen and oxygen atoms in total. The second-order valence-electron chi connectivity index (χ2n) is 5.47. The van der Waals surface area contributed by atoms with E-state index in [0.29, 0.717) is 5.75 Å². The van der Waals surface area contributed by atoms with Gasteiger partial charge < -0.3 is 31.9 Å². The fourth-order valence-electron chi connectivity index (χ4n) is 1.72. The van der Waals surface area contributed by atoms with E-state index in [1.165, 1.54) is 25.6 Å². The number of thioether (sulfide) groups is 1. The summed E-state index contributed by atoms with van der Waals surface area (Å²) in [6.45, 7) is 2.34. The maximum absolute atomic E-state index is 12.2. The van der Waals surface area contributed by atoms with Crippen LogP contribution in [0.4, 0.5) is 0 Å². The van der Waals surface area contributed by atoms with Crippen LogP contribution in [0.1, 0.15) is 20.3 Å². The molecule has 25 heavy (non-hydrogen) atoms. The van der Waals surface area contributed by atoms with E-state index in [1.54, 1.807) is 0 Å². The van der Waals surface area contributed by atoms with Gasteiger partial charge in [-0.15, -0.1) is 0 Å². The van der Waals surface area contributed by atoms with Crippen LogP contribution in [-0.4, -0.2) is 76.7 Å². The van der Waals surface area contributed by atoms with Gasteiger partial charge in [-0.2, -0.15) is 11.8 Å². The Labute approximate surface area is 150 Å². The van der Waals surface area contributed by atoms with Crippen LogP contribution in [0.3, 0.4) is 0 Å². The smallest absolute Gasteiger partial charge is 0.328 e. The number of hydrogen-bond acceptors (Lipinski definition) is 7. The molecule has 0 heterocycles. The topological polar surface area (TPSA) is 171 Å². The normalized spacial score (nSPS) is 15.4. The lowest BCUT2D eigenvalue weighted by Crippen LogP contribution is -2.56. The van der Waals surface area contributed by atoms with Gasteiger partial charge in [-0.3, -0.25) is 14.4 Å². The van der Waals surface area contributed by atoms with Crippen LogP contribution >= 0.6 is 11.8 Å². The van der Waals surface area contributed by atoms with E-state index in [-0.39, 0.29) is 13.0 Å². The molecule has 0 saturated carbocycles. The third-order valence-electron chi connectivity index (χ3n) is 3.15. The molecule has 4 atom stereocenters. The second-order valence-corrected chi connectivity index (χ2v) is 6.46. The number of hydrogen-bond donors (Lipinski definition) is 6. The molecule has 0 aliphatic rings. The first-order chi connectivity index (χ1) is 11.6. The molecule has 0 aromatic heterocycles. The predicted octanol–water partition coefficient (Wildman–Crippen LogP) is -2.36. The van der Waals surface area contributed by atoms with Gasteiger partial charge in [0.15, 0.2) is 6.04 Å². The Balaban J connectivity index is 4.81. The van der Waals surface area contributed by atoms with Crippen LogP contribution in [0.15, 0.2) is 0 Å². The highest BCUT2D eigenvalue weighted by Crippen LogP contribution is 2.03. The van der Waals surface area contributed by atoms with E-state index in [1.807, 2.05) is 6.26 Å². The van der Waals surface area contributed by atoms with E-state index >= 15 is 0 Å². The zero-order chi connectivity index (χ0) is 19.6. The van der Waals surface area contributed by atoms with E-state index in [2.05, 4.69) is 16.0 Å². The number of amides is 3. The van der Waals surface area contributed by atoms with E-state index in [4.69, 9.17) is 10.8 Å². The van der Waals surface area contributed by atoms with Crippen LogP contribution in [0.25, 0.3) is 0 Å². The molecule has 7 N–H and O–H groups in total. The summed E-state index contributed by atoms with van der Waals surface area (Å²) in [5.41, 5.74) is 5.36. The van der Waals surface area contributed by atoms with Crippen LogP contribution in [0.2, 0.25) is 0 Å². The Morgan fingerprint density at radius 1 is 1.12 bits per heavy atom. The van der Waals surface area contributed by atoms with E-state index < -0.39 is 47.9 Å². The molecule has 0 aromatic carbocycles. The molecule has 0 fully saturated rings. The Morgan fingerprint density at radius 3 is 2.16 bits per heavy atom. The summed E-state index contributed by atoms with van der Waals surface area (Å²) >= 11 is 1.44. The number of aliphatic hydroxyl groups excluding tert-OH is 1. The van der Waals surface area contributed by atoms with Crippen molar-refractivity contribution in [1.82, 2.24) is 16.0 Å². The van der Waals surface area contributed by atoms with Crippen LogP contribution in [0.5, 0.6) is 0 Å². The van der Waals surface area contributed by atoms with Crippen LogP contribution in [-0.2, 0) is 19.2 Å². The molecular formula is C14H26N4O6S. The third kappa shape index (κ3) is 9.27. The quantitative estimate of drug-likeness (QED) is 0.232. The first-order valence-corrected chi connectivity index (χ1v) is 9.02. The summed E-state index contributed by atoms with van der Waals surface area (Å²) in [6, 6.07) is -3.25. The van der Waals surface area contributed by atoms with Gasteiger partial charge in [-0.05, 0) is 32.3 Å². The van der Waals surface area contributed by atoms with Gasteiger partial charge in [-0.25, -0.2) is 4.79 Å². The standard InChI is InChI=1S/C14H26N4O6S/c1-7(15)12(21)16-6-10(20)17-9(4-5-25-3)13(22)18-11(8(2)19)14(23)24/h7-9,11,19H,4-6,15H2,1-3H3,(H,16,21)(H,17,20)(H,18,22)(H,23,24). The minimum absolute atomic E-state index is 0.256. The average molecular weight is 378 g/mol. The number of nitrogens with two attached hydrogens (primary N) is 1. The SMILES string of the molecule is CSCCC(NC(=O)CNC(=O)C(C)N)C(=O)NC(C(=O)O)C(C)O. The highest BCUT2D eigenvalue weighted by atomic mass is 32.2. The molecule has 144 valence electrons. The number of aliphatic hydroxyl groups is 1. The molecule has 0 aromatic rings. The molecule has 0 aliphatic carbocycles. The highest BCUT2D eigenvalue weighted by Gasteiger charge is 2.29. The van der Waals surface area contributed by atoms with Gasteiger partial charge in [-0.1, -0.05) is 0 Å². The van der Waals surface area contributed by atoms with Crippen molar-refractivity contribution in [3.05, 3.63) is 0 Å². The maximum Gasteiger partial charge on any atom is 0.328 e. The maximum atomic E-state index is 12.2. The van der Waals surface area contributed by atoms with Crippen molar-refractivity contribution >= 4 is 35.5 Å². The van der Waals surface area contributed by atoms with Gasteiger partial charge >= 0.3 is 5.97 Å². The molecule has 11 heteroatoms. The Kier molecular flexibility index (Phi) is 10.8. The first kappa shape index (κ1) is 23.1. The first-order valence-electron chi connectivity index (χ1n) is 7.63. The molecule has 3 amide bonds. The summed E-state index contributed by atoms with van der Waals surface area (Å²) in [5, 5.41) is 25.4. The Morgan fingerprint density at radius 2 is 1.72 bits per heavy atom. The number of carboxylic acid groups (broad SMARTS) is 1. The summed E-state index contributed by atoms with van der Waals surface area (Å²) in [7, 11) is 0. The summed E-state index contributed by atoms with van der Waals surface area (Å²) in [6.07, 6.45) is 0.769. The highest BCUT2D eigenvalue weighted by molar-refractivity contribution is 7.98. The van der Waals surface area contributed by atoms with Crippen molar-refractivity contribution in [2.75, 3.05) is 18.6 Å². The van der Waals surface area contributed by atoms with Crippen molar-refractivity contribution in [2.24, 2.45) is 5.73 Å². The van der Waals surface area contributed by atoms with Crippen molar-refractivity contribution in [1.29, 1.82) is 0 Å². The minimum Gasteiger partial charge on any atom is -0.480 e. The van der Waals surface area contributed by atoms with Crippen molar-refractivity contribution in [2.45, 2.75) is 44.5 Å². The van der Waals surface area contributed by atoms with Gasteiger partial charge in [0.2, 0.25) is 17.7 Å². The van der Waals surface area contributed by atoms with Crippen molar-refractivity contribution in [3.63, 3.8) is 0 Å². The largest absolute Gasteiger partial charge is 0.480 e. The zero-order valence-corrected chi connectivity index (χ0v) is 15.3. The van der Waals surface area contributed by atoms with Crippen LogP contribution < -0.4 is 21.7 Å². The van der Waals surface area contributed by atoms with Crippen molar-refractivity contribution in [3.8, 4) is 0 Å². The van der Waals surface area contributed by atoms with Gasteiger partial charge in [0, 0.05) is 0 Å². The number of carbonyl (C=O) groups excluding carboxylic acids is 3. The summed E-state index contributed by atoms with van der Waals surface area (Å²) in [5.74, 6) is -2.70. The Hall–Kier alpha value is -1.85. The van der Waals surface area contributed by atoms with Gasteiger partial charge in [0.25, 0.3) is 0 Å². The van der Waals surface area contributed by atoms with E-state index in [9.17, 15) is 24.3 Å². The fourth-order valence-corrected chi connectivity index (χ4v) is 2.19. The lowest BCUT2D eigenvalue weighted by Gasteiger charge is -2.22. The summed E-state index contributed by atoms with van der Waals surface area (Å²) in [4.78, 5) is 46.5. The lowest BCUT2D eigenvalue weighted by molar-refractivity contribution is -0.145. The number of rotatable bonds is 11. The molecule has 0 aliphatic heterocycles. The molecular weight excluding hydrogens is 352 g/mol. The fraction of sp³-hybridized carbons (Fsp3) is 0.714. The Bertz CT molecular complexity index is 486. The van der Waals surface area contributed by atoms with Crippen LogP contribution in [0, 0.1) is 0 Å². The zero-order valence-electron chi connectivity index (χ0n) is 14.4. The van der Waals surface area contributed by atoms with Gasteiger partial charge in [0.1, 0.15) is 6.04 Å². The molecule has 0 spiro atoms. The lowest BCUT2D eigenvalue weighted by atomic mass is 10.1.